The second-order valence-corrected chi connectivity index (χ2v) is 9.15. The van der Waals surface area contributed by atoms with Crippen LogP contribution in [0, 0.1) is 6.92 Å². The van der Waals surface area contributed by atoms with Gasteiger partial charge in [-0.3, -0.25) is 14.9 Å². The number of hydrogen-bond acceptors (Lipinski definition) is 4. The van der Waals surface area contributed by atoms with E-state index in [4.69, 9.17) is 16.3 Å². The fourth-order valence-corrected chi connectivity index (χ4v) is 4.09. The lowest BCUT2D eigenvalue weighted by Crippen LogP contribution is -2.54. The molecule has 36 heavy (non-hydrogen) atoms. The average molecular weight is 506 g/mol. The molecule has 3 aromatic rings. The summed E-state index contributed by atoms with van der Waals surface area (Å²) in [5.74, 6) is -0.177. The Bertz CT molecular complexity index is 1330. The van der Waals surface area contributed by atoms with E-state index in [1.807, 2.05) is 35.9 Å². The number of carbonyl (C=O) groups excluding carboxylic acids is 3. The van der Waals surface area contributed by atoms with Gasteiger partial charge >= 0.3 is 6.03 Å². The molecule has 186 valence electrons. The van der Waals surface area contributed by atoms with Gasteiger partial charge in [-0.15, -0.1) is 0 Å². The van der Waals surface area contributed by atoms with Gasteiger partial charge in [0.15, 0.2) is 0 Å². The molecule has 1 saturated heterocycles. The molecule has 1 fully saturated rings. The molecule has 2 aromatic carbocycles. The molecular weight excluding hydrogens is 478 g/mol. The molecule has 0 aliphatic carbocycles. The van der Waals surface area contributed by atoms with Crippen LogP contribution in [0.1, 0.15) is 43.0 Å². The Morgan fingerprint density at radius 1 is 1.08 bits per heavy atom. The maximum atomic E-state index is 13.2. The quantitative estimate of drug-likeness (QED) is 0.314. The number of amides is 4. The van der Waals surface area contributed by atoms with E-state index in [9.17, 15) is 14.4 Å². The molecular formula is C28H28ClN3O4. The van der Waals surface area contributed by atoms with E-state index in [0.29, 0.717) is 29.8 Å². The van der Waals surface area contributed by atoms with Crippen molar-refractivity contribution in [3.8, 4) is 5.75 Å². The van der Waals surface area contributed by atoms with Crippen LogP contribution < -0.4 is 15.0 Å². The van der Waals surface area contributed by atoms with Crippen molar-refractivity contribution in [2.24, 2.45) is 0 Å². The van der Waals surface area contributed by atoms with Crippen molar-refractivity contribution in [2.45, 2.75) is 39.7 Å². The van der Waals surface area contributed by atoms with Crippen LogP contribution in [0.4, 0.5) is 10.5 Å². The number of halogens is 1. The number of carbonyl (C=O) groups is 3. The molecule has 1 aliphatic heterocycles. The van der Waals surface area contributed by atoms with Gasteiger partial charge in [-0.05, 0) is 72.9 Å². The van der Waals surface area contributed by atoms with Crippen LogP contribution in [-0.4, -0.2) is 29.0 Å². The molecule has 0 bridgehead atoms. The molecule has 0 radical (unpaired) electrons. The molecule has 1 aliphatic rings. The number of urea groups is 1. The first-order valence-corrected chi connectivity index (χ1v) is 12.2. The van der Waals surface area contributed by atoms with E-state index in [1.54, 1.807) is 18.2 Å². The number of nitrogens with one attached hydrogen (secondary N) is 1. The number of rotatable bonds is 8. The van der Waals surface area contributed by atoms with Gasteiger partial charge in [0.2, 0.25) is 0 Å². The number of ether oxygens (including phenoxy) is 1. The normalized spacial score (nSPS) is 15.8. The lowest BCUT2D eigenvalue weighted by Gasteiger charge is -2.26. The Morgan fingerprint density at radius 3 is 2.53 bits per heavy atom. The summed E-state index contributed by atoms with van der Waals surface area (Å²) in [6.45, 7) is 7.09. The van der Waals surface area contributed by atoms with Crippen molar-refractivity contribution in [3.05, 3.63) is 88.2 Å². The van der Waals surface area contributed by atoms with Gasteiger partial charge in [-0.25, -0.2) is 9.69 Å². The summed E-state index contributed by atoms with van der Waals surface area (Å²) in [4.78, 5) is 39.1. The van der Waals surface area contributed by atoms with Gasteiger partial charge in [-0.2, -0.15) is 0 Å². The van der Waals surface area contributed by atoms with Crippen molar-refractivity contribution >= 4 is 41.2 Å². The van der Waals surface area contributed by atoms with E-state index in [-0.39, 0.29) is 11.3 Å². The summed E-state index contributed by atoms with van der Waals surface area (Å²) in [6.07, 6.45) is 4.40. The van der Waals surface area contributed by atoms with Gasteiger partial charge in [0.25, 0.3) is 11.8 Å². The zero-order valence-corrected chi connectivity index (χ0v) is 21.2. The highest BCUT2D eigenvalue weighted by atomic mass is 35.5. The Balaban J connectivity index is 1.48. The number of nitrogens with zero attached hydrogens (tertiary/aromatic N) is 2. The number of imide groups is 2. The molecule has 1 N–H and O–H groups in total. The molecule has 7 nitrogen and oxygen atoms in total. The van der Waals surface area contributed by atoms with Crippen LogP contribution in [0.2, 0.25) is 5.02 Å². The highest BCUT2D eigenvalue weighted by molar-refractivity contribution is 6.39. The van der Waals surface area contributed by atoms with Crippen LogP contribution in [0.15, 0.2) is 66.4 Å². The van der Waals surface area contributed by atoms with Crippen LogP contribution in [-0.2, 0) is 16.1 Å². The van der Waals surface area contributed by atoms with Crippen LogP contribution in [0.3, 0.4) is 0 Å². The van der Waals surface area contributed by atoms with Crippen molar-refractivity contribution < 1.29 is 19.1 Å². The van der Waals surface area contributed by atoms with Crippen LogP contribution >= 0.6 is 11.6 Å². The van der Waals surface area contributed by atoms with Crippen molar-refractivity contribution in [2.75, 3.05) is 11.5 Å². The van der Waals surface area contributed by atoms with Gasteiger partial charge in [0, 0.05) is 16.9 Å². The first-order chi connectivity index (χ1) is 17.3. The SMILES string of the molecule is CC[C@@H](C)c1ccc(OCCn2cccc2/C=C2/C(=O)NC(=O)N(c3ccc(C)c(Cl)c3)C2=O)cc1. The summed E-state index contributed by atoms with van der Waals surface area (Å²) in [7, 11) is 0. The Kier molecular flexibility index (Phi) is 7.60. The second kappa shape index (κ2) is 10.8. The third-order valence-electron chi connectivity index (χ3n) is 6.33. The zero-order chi connectivity index (χ0) is 25.8. The summed E-state index contributed by atoms with van der Waals surface area (Å²) in [6, 6.07) is 15.7. The number of hydrogen-bond donors (Lipinski definition) is 1. The van der Waals surface area contributed by atoms with E-state index >= 15 is 0 Å². The molecule has 8 heteroatoms. The molecule has 4 amide bonds. The summed E-state index contributed by atoms with van der Waals surface area (Å²) in [5, 5.41) is 2.65. The highest BCUT2D eigenvalue weighted by Gasteiger charge is 2.37. The smallest absolute Gasteiger partial charge is 0.335 e. The zero-order valence-electron chi connectivity index (χ0n) is 20.5. The number of benzene rings is 2. The van der Waals surface area contributed by atoms with Crippen molar-refractivity contribution in [3.63, 3.8) is 0 Å². The van der Waals surface area contributed by atoms with E-state index in [1.165, 1.54) is 17.7 Å². The largest absolute Gasteiger partial charge is 0.492 e. The Morgan fingerprint density at radius 2 is 1.83 bits per heavy atom. The second-order valence-electron chi connectivity index (χ2n) is 8.74. The van der Waals surface area contributed by atoms with Crippen LogP contribution in [0.5, 0.6) is 5.75 Å². The predicted octanol–water partition coefficient (Wildman–Crippen LogP) is 5.71. The predicted molar refractivity (Wildman–Crippen MR) is 140 cm³/mol. The topological polar surface area (TPSA) is 80.6 Å². The molecule has 2 heterocycles. The molecule has 0 saturated carbocycles. The number of aryl methyl sites for hydroxylation is 1. The highest BCUT2D eigenvalue weighted by Crippen LogP contribution is 2.27. The summed E-state index contributed by atoms with van der Waals surface area (Å²) in [5.41, 5.74) is 2.87. The lowest BCUT2D eigenvalue weighted by molar-refractivity contribution is -0.122. The third-order valence-corrected chi connectivity index (χ3v) is 6.74. The minimum atomic E-state index is -0.815. The molecule has 4 rings (SSSR count). The third kappa shape index (κ3) is 5.36. The Hall–Kier alpha value is -3.84. The maximum Gasteiger partial charge on any atom is 0.335 e. The Labute approximate surface area is 215 Å². The average Bonchev–Trinajstić information content (AvgIpc) is 3.30. The van der Waals surface area contributed by atoms with E-state index < -0.39 is 17.8 Å². The van der Waals surface area contributed by atoms with E-state index in [0.717, 1.165) is 22.6 Å². The number of anilines is 1. The van der Waals surface area contributed by atoms with Gasteiger partial charge in [-0.1, -0.05) is 43.6 Å². The minimum Gasteiger partial charge on any atom is -0.492 e. The fraction of sp³-hybridized carbons (Fsp3) is 0.250. The summed E-state index contributed by atoms with van der Waals surface area (Å²) < 4.78 is 7.77. The molecule has 0 unspecified atom stereocenters. The number of barbiturate groups is 1. The standard InChI is InChI=1S/C28H28ClN3O4/c1-4-18(2)20-8-11-23(12-9-20)36-15-14-31-13-5-6-21(31)16-24-26(33)30-28(35)32(27(24)34)22-10-7-19(3)25(29)17-22/h5-13,16-18H,4,14-15H2,1-3H3,(H,30,33,35)/b24-16-/t18-/m1/s1. The van der Waals surface area contributed by atoms with Crippen molar-refractivity contribution in [1.82, 2.24) is 9.88 Å². The molecule has 0 spiro atoms. The summed E-state index contributed by atoms with van der Waals surface area (Å²) >= 11 is 6.18. The van der Waals surface area contributed by atoms with E-state index in [2.05, 4.69) is 31.3 Å². The monoisotopic (exact) mass is 505 g/mol. The first kappa shape index (κ1) is 25.3. The van der Waals surface area contributed by atoms with Crippen molar-refractivity contribution in [1.29, 1.82) is 0 Å². The lowest BCUT2D eigenvalue weighted by atomic mass is 9.99. The molecule has 1 aromatic heterocycles. The number of aromatic nitrogens is 1. The van der Waals surface area contributed by atoms with Gasteiger partial charge < -0.3 is 9.30 Å². The minimum absolute atomic E-state index is 0.146. The first-order valence-electron chi connectivity index (χ1n) is 11.8. The van der Waals surface area contributed by atoms with Crippen LogP contribution in [0.25, 0.3) is 6.08 Å². The van der Waals surface area contributed by atoms with Gasteiger partial charge in [0.1, 0.15) is 17.9 Å². The fourth-order valence-electron chi connectivity index (χ4n) is 3.91. The van der Waals surface area contributed by atoms with Gasteiger partial charge in [0.05, 0.1) is 12.2 Å². The maximum absolute atomic E-state index is 13.2. The molecule has 1 atom stereocenters.